The van der Waals surface area contributed by atoms with Crippen molar-refractivity contribution in [1.82, 2.24) is 4.90 Å². The second kappa shape index (κ2) is 3.84. The van der Waals surface area contributed by atoms with Gasteiger partial charge in [-0.1, -0.05) is 0 Å². The summed E-state index contributed by atoms with van der Waals surface area (Å²) in [4.78, 5) is 13.3. The van der Waals surface area contributed by atoms with E-state index in [1.54, 1.807) is 12.5 Å². The van der Waals surface area contributed by atoms with Crippen LogP contribution in [0.5, 0.6) is 0 Å². The van der Waals surface area contributed by atoms with Crippen LogP contribution in [-0.2, 0) is 16.1 Å². The van der Waals surface area contributed by atoms with Gasteiger partial charge >= 0.3 is 5.97 Å². The van der Waals surface area contributed by atoms with Gasteiger partial charge in [0.2, 0.25) is 0 Å². The van der Waals surface area contributed by atoms with Gasteiger partial charge in [-0.2, -0.15) is 0 Å². The molecule has 1 atom stereocenters. The normalized spacial score (nSPS) is 21.6. The highest BCUT2D eigenvalue weighted by atomic mass is 16.5. The van der Waals surface area contributed by atoms with Crippen molar-refractivity contribution in [2.24, 2.45) is 0 Å². The molecule has 1 fully saturated rings. The van der Waals surface area contributed by atoms with E-state index in [4.69, 9.17) is 9.15 Å². The monoisotopic (exact) mass is 195 g/mol. The molecule has 4 heteroatoms. The largest absolute Gasteiger partial charge is 0.472 e. The van der Waals surface area contributed by atoms with Crippen molar-refractivity contribution in [1.29, 1.82) is 0 Å². The number of methoxy groups -OCH3 is 1. The molecule has 4 nitrogen and oxygen atoms in total. The van der Waals surface area contributed by atoms with Gasteiger partial charge in [0.25, 0.3) is 0 Å². The summed E-state index contributed by atoms with van der Waals surface area (Å²) in [5.41, 5.74) is 1.10. The van der Waals surface area contributed by atoms with Crippen LogP contribution in [-0.4, -0.2) is 30.6 Å². The van der Waals surface area contributed by atoms with Gasteiger partial charge in [0, 0.05) is 18.7 Å². The topological polar surface area (TPSA) is 42.7 Å². The minimum absolute atomic E-state index is 0.0603. The Morgan fingerprint density at radius 1 is 1.79 bits per heavy atom. The Morgan fingerprint density at radius 3 is 3.14 bits per heavy atom. The zero-order valence-corrected chi connectivity index (χ0v) is 8.10. The summed E-state index contributed by atoms with van der Waals surface area (Å²) in [5.74, 6) is -0.139. The van der Waals surface area contributed by atoms with Gasteiger partial charge in [-0.05, 0) is 12.5 Å². The average molecular weight is 195 g/mol. The van der Waals surface area contributed by atoms with Crippen molar-refractivity contribution >= 4 is 5.97 Å². The van der Waals surface area contributed by atoms with Crippen molar-refractivity contribution in [3.05, 3.63) is 24.2 Å². The smallest absolute Gasteiger partial charge is 0.323 e. The van der Waals surface area contributed by atoms with Crippen molar-refractivity contribution < 1.29 is 13.9 Å². The Labute approximate surface area is 82.4 Å². The second-order valence-electron chi connectivity index (χ2n) is 3.43. The van der Waals surface area contributed by atoms with Crippen LogP contribution in [0.2, 0.25) is 0 Å². The van der Waals surface area contributed by atoms with E-state index in [9.17, 15) is 4.79 Å². The molecule has 14 heavy (non-hydrogen) atoms. The van der Waals surface area contributed by atoms with Gasteiger partial charge in [-0.25, -0.2) is 0 Å². The predicted molar refractivity (Wildman–Crippen MR) is 49.5 cm³/mol. The fourth-order valence-electron chi connectivity index (χ4n) is 1.65. The number of furan rings is 1. The molecule has 76 valence electrons. The van der Waals surface area contributed by atoms with E-state index in [0.29, 0.717) is 0 Å². The van der Waals surface area contributed by atoms with E-state index in [1.807, 2.05) is 6.07 Å². The minimum Gasteiger partial charge on any atom is -0.472 e. The highest BCUT2D eigenvalue weighted by Gasteiger charge is 2.34. The number of ether oxygens (including phenoxy) is 1. The van der Waals surface area contributed by atoms with Crippen LogP contribution >= 0.6 is 0 Å². The van der Waals surface area contributed by atoms with E-state index in [-0.39, 0.29) is 12.0 Å². The SMILES string of the molecule is COC(=O)C1CCN1Cc1ccoc1. The molecule has 1 aliphatic heterocycles. The number of hydrogen-bond donors (Lipinski definition) is 0. The standard InChI is InChI=1S/C10H13NO3/c1-13-10(12)9-2-4-11(9)6-8-3-5-14-7-8/h3,5,7,9H,2,4,6H2,1H3. The first kappa shape index (κ1) is 9.27. The fourth-order valence-corrected chi connectivity index (χ4v) is 1.65. The number of hydrogen-bond acceptors (Lipinski definition) is 4. The molecule has 2 heterocycles. The van der Waals surface area contributed by atoms with E-state index < -0.39 is 0 Å². The van der Waals surface area contributed by atoms with Gasteiger partial charge in [0.15, 0.2) is 0 Å². The summed E-state index contributed by atoms with van der Waals surface area (Å²) in [6.07, 6.45) is 4.24. The summed E-state index contributed by atoms with van der Waals surface area (Å²) < 4.78 is 9.66. The molecular weight excluding hydrogens is 182 g/mol. The lowest BCUT2D eigenvalue weighted by Gasteiger charge is -2.38. The molecule has 0 radical (unpaired) electrons. The summed E-state index contributed by atoms with van der Waals surface area (Å²) in [5, 5.41) is 0. The first-order chi connectivity index (χ1) is 6.81. The number of rotatable bonds is 3. The van der Waals surface area contributed by atoms with Crippen molar-refractivity contribution in [3.8, 4) is 0 Å². The number of esters is 1. The zero-order chi connectivity index (χ0) is 9.97. The summed E-state index contributed by atoms with van der Waals surface area (Å²) in [6, 6.07) is 1.85. The molecule has 1 saturated heterocycles. The van der Waals surface area contributed by atoms with E-state index >= 15 is 0 Å². The summed E-state index contributed by atoms with van der Waals surface area (Å²) in [7, 11) is 1.43. The Kier molecular flexibility index (Phi) is 2.54. The quantitative estimate of drug-likeness (QED) is 0.675. The maximum absolute atomic E-state index is 11.2. The van der Waals surface area contributed by atoms with E-state index in [1.165, 1.54) is 7.11 Å². The lowest BCUT2D eigenvalue weighted by atomic mass is 10.0. The first-order valence-corrected chi connectivity index (χ1v) is 4.64. The molecule has 1 aliphatic rings. The number of carbonyl (C=O) groups is 1. The summed E-state index contributed by atoms with van der Waals surface area (Å²) >= 11 is 0. The zero-order valence-electron chi connectivity index (χ0n) is 8.10. The molecule has 1 unspecified atom stereocenters. The van der Waals surface area contributed by atoms with Crippen LogP contribution in [0, 0.1) is 0 Å². The van der Waals surface area contributed by atoms with Gasteiger partial charge in [0.05, 0.1) is 19.6 Å². The van der Waals surface area contributed by atoms with Gasteiger partial charge in [-0.3, -0.25) is 9.69 Å². The van der Waals surface area contributed by atoms with Crippen molar-refractivity contribution in [2.45, 2.75) is 19.0 Å². The number of nitrogens with zero attached hydrogens (tertiary/aromatic N) is 1. The molecular formula is C10H13NO3. The maximum atomic E-state index is 11.2. The first-order valence-electron chi connectivity index (χ1n) is 4.64. The van der Waals surface area contributed by atoms with E-state index in [2.05, 4.69) is 4.90 Å². The van der Waals surface area contributed by atoms with Gasteiger partial charge in [0.1, 0.15) is 6.04 Å². The Balaban J connectivity index is 1.91. The van der Waals surface area contributed by atoms with E-state index in [0.717, 1.165) is 25.1 Å². The maximum Gasteiger partial charge on any atom is 0.323 e. The predicted octanol–water partition coefficient (Wildman–Crippen LogP) is 1.03. The molecule has 0 spiro atoms. The molecule has 0 aromatic carbocycles. The third-order valence-electron chi connectivity index (χ3n) is 2.57. The number of carbonyl (C=O) groups excluding carboxylic acids is 1. The third-order valence-corrected chi connectivity index (χ3v) is 2.57. The highest BCUT2D eigenvalue weighted by Crippen LogP contribution is 2.21. The molecule has 1 aromatic heterocycles. The van der Waals surface area contributed by atoms with Crippen LogP contribution in [0.3, 0.4) is 0 Å². The van der Waals surface area contributed by atoms with Crippen LogP contribution in [0.1, 0.15) is 12.0 Å². The second-order valence-corrected chi connectivity index (χ2v) is 3.43. The van der Waals surface area contributed by atoms with Crippen molar-refractivity contribution in [3.63, 3.8) is 0 Å². The molecule has 0 bridgehead atoms. The third kappa shape index (κ3) is 1.65. The summed E-state index contributed by atoms with van der Waals surface area (Å²) in [6.45, 7) is 1.71. The van der Waals surface area contributed by atoms with Gasteiger partial charge in [-0.15, -0.1) is 0 Å². The van der Waals surface area contributed by atoms with Crippen molar-refractivity contribution in [2.75, 3.05) is 13.7 Å². The number of likely N-dealkylation sites (tertiary alicyclic amines) is 1. The minimum atomic E-state index is -0.139. The molecule has 0 N–H and O–H groups in total. The van der Waals surface area contributed by atoms with Crippen LogP contribution < -0.4 is 0 Å². The molecule has 1 aromatic rings. The Morgan fingerprint density at radius 2 is 2.64 bits per heavy atom. The lowest BCUT2D eigenvalue weighted by molar-refractivity contribution is -0.152. The average Bonchev–Trinajstić information content (AvgIpc) is 2.64. The lowest BCUT2D eigenvalue weighted by Crippen LogP contribution is -2.51. The van der Waals surface area contributed by atoms with Crippen LogP contribution in [0.15, 0.2) is 23.0 Å². The molecule has 0 aliphatic carbocycles. The van der Waals surface area contributed by atoms with Crippen LogP contribution in [0.4, 0.5) is 0 Å². The van der Waals surface area contributed by atoms with Gasteiger partial charge < -0.3 is 9.15 Å². The Bertz CT molecular complexity index is 307. The molecule has 0 saturated carbocycles. The van der Waals surface area contributed by atoms with Crippen LogP contribution in [0.25, 0.3) is 0 Å². The molecule has 2 rings (SSSR count). The Hall–Kier alpha value is -1.29. The molecule has 0 amide bonds. The fraction of sp³-hybridized carbons (Fsp3) is 0.500. The highest BCUT2D eigenvalue weighted by molar-refractivity contribution is 5.76.